The molecule has 0 saturated carbocycles. The molecule has 0 spiro atoms. The number of hydrogen-bond donors (Lipinski definition) is 6. The van der Waals surface area contributed by atoms with E-state index in [4.69, 9.17) is 38.5 Å². The fourth-order valence-corrected chi connectivity index (χ4v) is 0. The van der Waals surface area contributed by atoms with Crippen LogP contribution in [-0.4, -0.2) is 46.7 Å². The zero-order chi connectivity index (χ0) is 9.00. The smallest absolute Gasteiger partial charge is 0.303 e. The van der Waals surface area contributed by atoms with Crippen molar-refractivity contribution in [3.05, 3.63) is 0 Å². The molecule has 0 radical (unpaired) electrons. The second-order valence-corrected chi connectivity index (χ2v) is 3.08. The van der Waals surface area contributed by atoms with E-state index in [-0.39, 0.29) is 43.6 Å². The van der Waals surface area contributed by atoms with Crippen LogP contribution in [0.5, 0.6) is 0 Å². The molecular weight excluding hydrogens is 308 g/mol. The Morgan fingerprint density at radius 1 is 0.667 bits per heavy atom. The summed E-state index contributed by atoms with van der Waals surface area (Å²) in [6.07, 6.45) is 0. The first-order valence-corrected chi connectivity index (χ1v) is 4.70. The van der Waals surface area contributed by atoms with Gasteiger partial charge in [-0.3, -0.25) is 0 Å². The van der Waals surface area contributed by atoms with E-state index >= 15 is 0 Å². The molecule has 0 bridgehead atoms. The molecule has 0 amide bonds. The molecule has 0 aliphatic carbocycles. The Bertz CT molecular complexity index is 129. The molecule has 0 fully saturated rings. The van der Waals surface area contributed by atoms with Crippen LogP contribution in [0.15, 0.2) is 0 Å². The van der Waals surface area contributed by atoms with Gasteiger partial charge in [0, 0.05) is 26.2 Å². The molecule has 0 aliphatic heterocycles. The van der Waals surface area contributed by atoms with Crippen LogP contribution in [0.1, 0.15) is 0 Å². The Hall–Kier alpha value is 1.64. The zero-order valence-corrected chi connectivity index (χ0v) is 9.14. The first kappa shape index (κ1) is 23.4. The van der Waals surface area contributed by atoms with Crippen molar-refractivity contribution in [1.82, 2.24) is 0 Å². The Labute approximate surface area is 97.4 Å². The van der Waals surface area contributed by atoms with Crippen LogP contribution in [-0.2, 0) is 35.3 Å². The fourth-order valence-electron chi connectivity index (χ4n) is 0. The second-order valence-electron chi connectivity index (χ2n) is 1.03. The molecule has 0 aliphatic rings. The van der Waals surface area contributed by atoms with Crippen molar-refractivity contribution < 1.29 is 64.7 Å². The van der Waals surface area contributed by atoms with Gasteiger partial charge in [-0.1, -0.05) is 0 Å². The predicted molar refractivity (Wildman–Crippen MR) is 38.5 cm³/mol. The van der Waals surface area contributed by atoms with Crippen LogP contribution in [0.4, 0.5) is 0 Å². The molecule has 8 nitrogen and oxygen atoms in total. The van der Waals surface area contributed by atoms with E-state index in [1.807, 2.05) is 0 Å². The van der Waals surface area contributed by atoms with E-state index in [2.05, 4.69) is 0 Å². The van der Waals surface area contributed by atoms with Crippen molar-refractivity contribution >= 4 is 33.0 Å². The van der Waals surface area contributed by atoms with Crippen LogP contribution in [0, 0.1) is 0 Å². The van der Waals surface area contributed by atoms with Gasteiger partial charge in [0.2, 0.25) is 0 Å². The molecule has 0 unspecified atom stereocenters. The van der Waals surface area contributed by atoms with Crippen molar-refractivity contribution in [2.24, 2.45) is 0 Å². The summed E-state index contributed by atoms with van der Waals surface area (Å²) in [7, 11) is -9.28. The molecule has 0 rings (SSSR count). The summed E-state index contributed by atoms with van der Waals surface area (Å²) < 4.78 is 17.8. The number of rotatable bonds is 0. The first-order valence-electron chi connectivity index (χ1n) is 1.57. The van der Waals surface area contributed by atoms with Crippen molar-refractivity contribution in [2.75, 3.05) is 0 Å². The van der Waals surface area contributed by atoms with Gasteiger partial charge in [-0.05, 0) is 0 Å². The van der Waals surface area contributed by atoms with Gasteiger partial charge in [0.05, 0.1) is 0 Å². The van der Waals surface area contributed by atoms with Crippen LogP contribution >= 0.6 is 15.6 Å². The van der Waals surface area contributed by atoms with Crippen molar-refractivity contribution in [2.45, 2.75) is 0 Å². The van der Waals surface area contributed by atoms with Gasteiger partial charge in [-0.15, -0.1) is 0 Å². The molecule has 74 valence electrons. The van der Waals surface area contributed by atoms with Crippen molar-refractivity contribution in [3.63, 3.8) is 0 Å². The number of hydrogen-bond acceptors (Lipinski definition) is 2. The third-order valence-corrected chi connectivity index (χ3v) is 0. The van der Waals surface area contributed by atoms with Crippen LogP contribution < -0.4 is 0 Å². The molecule has 0 aromatic heterocycles. The average molecular weight is 317 g/mol. The second kappa shape index (κ2) is 9.20. The molecule has 0 aromatic rings. The summed E-state index contributed by atoms with van der Waals surface area (Å²) in [5.74, 6) is 0. The normalized spacial score (nSPS) is 9.83. The standard InChI is InChI=1S/Al.2H3O4P.Zr.3H/c;2*1-5(2,3)4;;;;/h;2*(H3,1,2,3,4);;;;. The van der Waals surface area contributed by atoms with Crippen molar-refractivity contribution in [3.8, 4) is 0 Å². The van der Waals surface area contributed by atoms with Crippen molar-refractivity contribution in [1.29, 1.82) is 0 Å². The topological polar surface area (TPSA) is 156 Å². The van der Waals surface area contributed by atoms with E-state index in [1.54, 1.807) is 0 Å². The minimum absolute atomic E-state index is 0. The minimum Gasteiger partial charge on any atom is -0.303 e. The summed E-state index contributed by atoms with van der Waals surface area (Å²) in [6, 6.07) is 0. The average Bonchev–Trinajstić information content (AvgIpc) is 1.12. The molecule has 0 atom stereocenters. The maximum absolute atomic E-state index is 8.88. The third kappa shape index (κ3) is 492. The van der Waals surface area contributed by atoms with Gasteiger partial charge in [0.25, 0.3) is 0 Å². The van der Waals surface area contributed by atoms with Crippen LogP contribution in [0.3, 0.4) is 0 Å². The van der Waals surface area contributed by atoms with Gasteiger partial charge in [-0.25, -0.2) is 9.13 Å². The first-order chi connectivity index (χ1) is 4.00. The maximum Gasteiger partial charge on any atom is 0.466 e. The molecule has 6 N–H and O–H groups in total. The Balaban J connectivity index is -0.0000000457. The molecule has 0 heterocycles. The zero-order valence-electron chi connectivity index (χ0n) is 4.89. The Kier molecular flexibility index (Phi) is 18.0. The van der Waals surface area contributed by atoms with Gasteiger partial charge < -0.3 is 29.4 Å². The quantitative estimate of drug-likeness (QED) is 0.203. The molecule has 12 heteroatoms. The molecule has 0 aromatic carbocycles. The Morgan fingerprint density at radius 3 is 0.667 bits per heavy atom. The van der Waals surface area contributed by atoms with Crippen LogP contribution in [0.2, 0.25) is 0 Å². The van der Waals surface area contributed by atoms with Gasteiger partial charge in [-0.2, -0.15) is 0 Å². The predicted octanol–water partition coefficient (Wildman–Crippen LogP) is -3.04. The SMILES string of the molecule is O=P(O)(O)O.O=P(O)(O)O.[AlH3].[Zr]. The fraction of sp³-hybridized carbons (Fsp3) is 0. The summed E-state index contributed by atoms with van der Waals surface area (Å²) in [5.41, 5.74) is 0. The van der Waals surface area contributed by atoms with E-state index in [9.17, 15) is 0 Å². The summed E-state index contributed by atoms with van der Waals surface area (Å²) >= 11 is 0. The van der Waals surface area contributed by atoms with E-state index in [1.165, 1.54) is 0 Å². The van der Waals surface area contributed by atoms with Gasteiger partial charge in [0.1, 0.15) is 0 Å². The van der Waals surface area contributed by atoms with Gasteiger partial charge >= 0.3 is 15.6 Å². The third-order valence-electron chi connectivity index (χ3n) is 0. The summed E-state index contributed by atoms with van der Waals surface area (Å²) in [6.45, 7) is 0. The van der Waals surface area contributed by atoms with E-state index < -0.39 is 15.6 Å². The largest absolute Gasteiger partial charge is 0.466 e. The monoisotopic (exact) mass is 316 g/mol. The number of phosphoric acid groups is 2. The van der Waals surface area contributed by atoms with E-state index in [0.717, 1.165) is 0 Å². The minimum atomic E-state index is -4.64. The van der Waals surface area contributed by atoms with Gasteiger partial charge in [0.15, 0.2) is 17.4 Å². The summed E-state index contributed by atoms with van der Waals surface area (Å²) in [4.78, 5) is 43.1. The Morgan fingerprint density at radius 2 is 0.667 bits per heavy atom. The van der Waals surface area contributed by atoms with Crippen LogP contribution in [0.25, 0.3) is 0 Å². The summed E-state index contributed by atoms with van der Waals surface area (Å²) in [5, 5.41) is 0. The van der Waals surface area contributed by atoms with E-state index in [0.29, 0.717) is 0 Å². The molecule has 0 saturated heterocycles. The molecular formula is H9AlO8P2Zr. The molecule has 12 heavy (non-hydrogen) atoms. The maximum atomic E-state index is 8.88.